The van der Waals surface area contributed by atoms with E-state index < -0.39 is 5.82 Å². The minimum Gasteiger partial charge on any atom is -0.494 e. The minimum absolute atomic E-state index is 0.123. The second-order valence-corrected chi connectivity index (χ2v) is 5.43. The van der Waals surface area contributed by atoms with Gasteiger partial charge in [0.25, 0.3) is 5.91 Å². The van der Waals surface area contributed by atoms with Crippen molar-refractivity contribution in [2.45, 2.75) is 25.3 Å². The lowest BCUT2D eigenvalue weighted by molar-refractivity contribution is 0.0950. The number of amides is 1. The Morgan fingerprint density at radius 1 is 1.36 bits per heavy atom. The lowest BCUT2D eigenvalue weighted by Crippen LogP contribution is -2.23. The fraction of sp³-hybridized carbons (Fsp3) is 0.294. The molecule has 3 rings (SSSR count). The van der Waals surface area contributed by atoms with Crippen LogP contribution in [0.15, 0.2) is 36.7 Å². The molecule has 4 nitrogen and oxygen atoms in total. The van der Waals surface area contributed by atoms with Crippen LogP contribution < -0.4 is 10.1 Å². The van der Waals surface area contributed by atoms with E-state index in [1.807, 2.05) is 6.20 Å². The summed E-state index contributed by atoms with van der Waals surface area (Å²) in [5.74, 6) is -0.123. The Morgan fingerprint density at radius 3 is 2.86 bits per heavy atom. The van der Waals surface area contributed by atoms with E-state index in [0.717, 1.165) is 5.56 Å². The molecule has 0 spiro atoms. The van der Waals surface area contributed by atoms with Gasteiger partial charge in [0.15, 0.2) is 11.6 Å². The summed E-state index contributed by atoms with van der Waals surface area (Å²) in [6, 6.07) is 6.22. The molecule has 0 bridgehead atoms. The molecule has 1 amide bonds. The van der Waals surface area contributed by atoms with Gasteiger partial charge >= 0.3 is 0 Å². The lowest BCUT2D eigenvalue weighted by Gasteiger charge is -2.08. The number of nitrogens with zero attached hydrogens (tertiary/aromatic N) is 1. The first-order valence-electron chi connectivity index (χ1n) is 7.23. The summed E-state index contributed by atoms with van der Waals surface area (Å²) >= 11 is 0. The van der Waals surface area contributed by atoms with Gasteiger partial charge in [0.05, 0.1) is 7.11 Å². The van der Waals surface area contributed by atoms with Gasteiger partial charge in [-0.1, -0.05) is 6.07 Å². The number of carbonyl (C=O) groups excluding carboxylic acids is 1. The Morgan fingerprint density at radius 2 is 2.18 bits per heavy atom. The van der Waals surface area contributed by atoms with Gasteiger partial charge in [-0.3, -0.25) is 9.78 Å². The number of nitrogens with one attached hydrogen (secondary N) is 1. The molecule has 1 aromatic heterocycles. The molecule has 1 N–H and O–H groups in total. The van der Waals surface area contributed by atoms with Crippen LogP contribution in [-0.2, 0) is 6.54 Å². The van der Waals surface area contributed by atoms with Crippen molar-refractivity contribution in [3.05, 3.63) is 59.2 Å². The number of ether oxygens (including phenoxy) is 1. The van der Waals surface area contributed by atoms with Gasteiger partial charge in [0, 0.05) is 24.5 Å². The minimum atomic E-state index is -0.549. The zero-order valence-corrected chi connectivity index (χ0v) is 12.3. The zero-order chi connectivity index (χ0) is 15.5. The molecule has 1 aliphatic carbocycles. The van der Waals surface area contributed by atoms with Crippen molar-refractivity contribution >= 4 is 5.91 Å². The number of carbonyl (C=O) groups is 1. The SMILES string of the molecule is COc1ccc(C(=O)NCc2cncc(C3CC3)c2)cc1F. The maximum atomic E-state index is 13.6. The summed E-state index contributed by atoms with van der Waals surface area (Å²) in [6.07, 6.45) is 6.04. The monoisotopic (exact) mass is 300 g/mol. The van der Waals surface area contributed by atoms with Crippen molar-refractivity contribution in [3.63, 3.8) is 0 Å². The fourth-order valence-corrected chi connectivity index (χ4v) is 2.34. The number of rotatable bonds is 5. The van der Waals surface area contributed by atoms with E-state index in [-0.39, 0.29) is 17.2 Å². The highest BCUT2D eigenvalue weighted by Gasteiger charge is 2.23. The predicted molar refractivity (Wildman–Crippen MR) is 80.3 cm³/mol. The molecule has 2 aromatic rings. The first-order chi connectivity index (χ1) is 10.7. The number of hydrogen-bond donors (Lipinski definition) is 1. The summed E-state index contributed by atoms with van der Waals surface area (Å²) in [6.45, 7) is 0.375. The smallest absolute Gasteiger partial charge is 0.251 e. The summed E-state index contributed by atoms with van der Waals surface area (Å²) in [5.41, 5.74) is 2.44. The van der Waals surface area contributed by atoms with Crippen molar-refractivity contribution in [3.8, 4) is 5.75 Å². The number of benzene rings is 1. The number of hydrogen-bond acceptors (Lipinski definition) is 3. The Kier molecular flexibility index (Phi) is 4.04. The molecule has 0 saturated heterocycles. The average Bonchev–Trinajstić information content (AvgIpc) is 3.37. The lowest BCUT2D eigenvalue weighted by atomic mass is 10.1. The molecular weight excluding hydrogens is 283 g/mol. The normalized spacial score (nSPS) is 13.7. The van der Waals surface area contributed by atoms with Gasteiger partial charge in [-0.25, -0.2) is 4.39 Å². The van der Waals surface area contributed by atoms with E-state index in [1.54, 1.807) is 6.20 Å². The van der Waals surface area contributed by atoms with Crippen LogP contribution in [0, 0.1) is 5.82 Å². The third kappa shape index (κ3) is 3.24. The largest absolute Gasteiger partial charge is 0.494 e. The van der Waals surface area contributed by atoms with E-state index in [1.165, 1.54) is 43.7 Å². The summed E-state index contributed by atoms with van der Waals surface area (Å²) in [4.78, 5) is 16.3. The molecule has 1 saturated carbocycles. The summed E-state index contributed by atoms with van der Waals surface area (Å²) in [7, 11) is 1.39. The maximum Gasteiger partial charge on any atom is 0.251 e. The van der Waals surface area contributed by atoms with E-state index >= 15 is 0 Å². The van der Waals surface area contributed by atoms with Crippen molar-refractivity contribution < 1.29 is 13.9 Å². The molecule has 1 aromatic carbocycles. The molecule has 0 unspecified atom stereocenters. The van der Waals surface area contributed by atoms with Gasteiger partial charge in [0.2, 0.25) is 0 Å². The number of methoxy groups -OCH3 is 1. The Bertz CT molecular complexity index is 699. The van der Waals surface area contributed by atoms with Gasteiger partial charge in [0.1, 0.15) is 0 Å². The van der Waals surface area contributed by atoms with Crippen LogP contribution in [0.4, 0.5) is 4.39 Å². The highest BCUT2D eigenvalue weighted by atomic mass is 19.1. The summed E-state index contributed by atoms with van der Waals surface area (Å²) < 4.78 is 18.4. The van der Waals surface area contributed by atoms with E-state index in [2.05, 4.69) is 16.4 Å². The van der Waals surface area contributed by atoms with Crippen LogP contribution in [0.25, 0.3) is 0 Å². The fourth-order valence-electron chi connectivity index (χ4n) is 2.34. The molecule has 5 heteroatoms. The molecule has 0 atom stereocenters. The van der Waals surface area contributed by atoms with Crippen LogP contribution in [0.2, 0.25) is 0 Å². The van der Waals surface area contributed by atoms with Crippen LogP contribution in [0.3, 0.4) is 0 Å². The molecule has 0 radical (unpaired) electrons. The molecule has 1 fully saturated rings. The quantitative estimate of drug-likeness (QED) is 0.923. The van der Waals surface area contributed by atoms with Gasteiger partial charge < -0.3 is 10.1 Å². The molecular formula is C17H17FN2O2. The Labute approximate surface area is 128 Å². The van der Waals surface area contributed by atoms with Crippen molar-refractivity contribution in [1.29, 1.82) is 0 Å². The molecule has 0 aliphatic heterocycles. The van der Waals surface area contributed by atoms with E-state index in [9.17, 15) is 9.18 Å². The van der Waals surface area contributed by atoms with E-state index in [4.69, 9.17) is 4.74 Å². The third-order valence-corrected chi connectivity index (χ3v) is 3.73. The molecule has 1 aliphatic rings. The van der Waals surface area contributed by atoms with Gasteiger partial charge in [-0.15, -0.1) is 0 Å². The number of halogens is 1. The number of pyridine rings is 1. The van der Waals surface area contributed by atoms with Crippen molar-refractivity contribution in [2.24, 2.45) is 0 Å². The first-order valence-corrected chi connectivity index (χ1v) is 7.23. The Balaban J connectivity index is 1.64. The highest BCUT2D eigenvalue weighted by Crippen LogP contribution is 2.39. The second kappa shape index (κ2) is 6.13. The molecule has 114 valence electrons. The topological polar surface area (TPSA) is 51.2 Å². The Hall–Kier alpha value is -2.43. The van der Waals surface area contributed by atoms with Crippen LogP contribution in [-0.4, -0.2) is 18.0 Å². The first kappa shape index (κ1) is 14.5. The van der Waals surface area contributed by atoms with Gasteiger partial charge in [-0.05, 0) is 48.1 Å². The molecule has 22 heavy (non-hydrogen) atoms. The third-order valence-electron chi connectivity index (χ3n) is 3.73. The second-order valence-electron chi connectivity index (χ2n) is 5.43. The molecule has 1 heterocycles. The van der Waals surface area contributed by atoms with Crippen molar-refractivity contribution in [2.75, 3.05) is 7.11 Å². The predicted octanol–water partition coefficient (Wildman–Crippen LogP) is 3.04. The highest BCUT2D eigenvalue weighted by molar-refractivity contribution is 5.94. The van der Waals surface area contributed by atoms with Crippen LogP contribution in [0.1, 0.15) is 40.2 Å². The zero-order valence-electron chi connectivity index (χ0n) is 12.3. The summed E-state index contributed by atoms with van der Waals surface area (Å²) in [5, 5.41) is 2.78. The van der Waals surface area contributed by atoms with Crippen molar-refractivity contribution in [1.82, 2.24) is 10.3 Å². The van der Waals surface area contributed by atoms with Gasteiger partial charge in [-0.2, -0.15) is 0 Å². The van der Waals surface area contributed by atoms with Crippen LogP contribution in [0.5, 0.6) is 5.75 Å². The van der Waals surface area contributed by atoms with E-state index in [0.29, 0.717) is 12.5 Å². The average molecular weight is 300 g/mol. The standard InChI is InChI=1S/C17H17FN2O2/c1-22-16-5-4-13(7-15(16)18)17(21)20-9-11-6-14(10-19-8-11)12-2-3-12/h4-8,10,12H,2-3,9H2,1H3,(H,20,21). The van der Waals surface area contributed by atoms with Crippen LogP contribution >= 0.6 is 0 Å². The maximum absolute atomic E-state index is 13.6. The number of aromatic nitrogens is 1.